The Morgan fingerprint density at radius 3 is 2.75 bits per heavy atom. The summed E-state index contributed by atoms with van der Waals surface area (Å²) < 4.78 is 5.04. The van der Waals surface area contributed by atoms with Crippen molar-refractivity contribution >= 4 is 11.7 Å². The molecule has 0 radical (unpaired) electrons. The zero-order valence-corrected chi connectivity index (χ0v) is 14.4. The molecule has 0 saturated carbocycles. The average Bonchev–Trinajstić information content (AvgIpc) is 3.17. The molecular weight excluding hydrogens is 304 g/mol. The van der Waals surface area contributed by atoms with Crippen LogP contribution in [0.5, 0.6) is 0 Å². The third-order valence-corrected chi connectivity index (χ3v) is 4.59. The molecule has 1 aromatic carbocycles. The highest BCUT2D eigenvalue weighted by atomic mass is 16.5. The molecule has 1 saturated heterocycles. The molecule has 6 nitrogen and oxygen atoms in total. The van der Waals surface area contributed by atoms with Gasteiger partial charge >= 0.3 is 0 Å². The Kier molecular flexibility index (Phi) is 4.97. The molecule has 2 heterocycles. The topological polar surface area (TPSA) is 61.6 Å². The summed E-state index contributed by atoms with van der Waals surface area (Å²) in [6.45, 7) is 3.83. The van der Waals surface area contributed by atoms with E-state index in [1.807, 2.05) is 37.4 Å². The minimum absolute atomic E-state index is 0.0912. The van der Waals surface area contributed by atoms with Gasteiger partial charge in [-0.25, -0.2) is 0 Å². The van der Waals surface area contributed by atoms with Gasteiger partial charge in [0.2, 0.25) is 5.91 Å². The molecule has 1 aliphatic rings. The molecule has 0 aliphatic carbocycles. The highest BCUT2D eigenvalue weighted by Gasteiger charge is 2.33. The van der Waals surface area contributed by atoms with Gasteiger partial charge in [-0.05, 0) is 39.5 Å². The predicted octanol–water partition coefficient (Wildman–Crippen LogP) is 2.30. The van der Waals surface area contributed by atoms with Gasteiger partial charge in [-0.2, -0.15) is 0 Å². The fraction of sp³-hybridized carbons (Fsp3) is 0.444. The third-order valence-electron chi connectivity index (χ3n) is 4.59. The summed E-state index contributed by atoms with van der Waals surface area (Å²) in [6, 6.07) is 11.6. The number of amides is 1. The first-order chi connectivity index (χ1) is 11.5. The fourth-order valence-corrected chi connectivity index (χ4v) is 3.28. The van der Waals surface area contributed by atoms with Crippen LogP contribution in [0.4, 0.5) is 5.82 Å². The molecule has 6 heteroatoms. The van der Waals surface area contributed by atoms with Crippen LogP contribution in [0.1, 0.15) is 23.8 Å². The van der Waals surface area contributed by atoms with Crippen LogP contribution in [0.25, 0.3) is 0 Å². The van der Waals surface area contributed by atoms with Crippen molar-refractivity contribution in [1.82, 2.24) is 15.0 Å². The molecular formula is C18H24N4O2. The van der Waals surface area contributed by atoms with Crippen molar-refractivity contribution in [3.05, 3.63) is 47.7 Å². The van der Waals surface area contributed by atoms with Crippen LogP contribution < -0.4 is 5.32 Å². The van der Waals surface area contributed by atoms with Crippen molar-refractivity contribution in [2.24, 2.45) is 0 Å². The second-order valence-electron chi connectivity index (χ2n) is 6.50. The number of anilines is 1. The van der Waals surface area contributed by atoms with Gasteiger partial charge in [-0.15, -0.1) is 0 Å². The Bertz CT molecular complexity index is 685. The molecule has 1 amide bonds. The molecule has 1 aromatic heterocycles. The van der Waals surface area contributed by atoms with Crippen molar-refractivity contribution in [2.75, 3.05) is 32.5 Å². The maximum absolute atomic E-state index is 13.0. The van der Waals surface area contributed by atoms with E-state index in [0.29, 0.717) is 17.6 Å². The molecule has 1 N–H and O–H groups in total. The number of rotatable bonds is 5. The number of carbonyl (C=O) groups is 1. The quantitative estimate of drug-likeness (QED) is 0.912. The van der Waals surface area contributed by atoms with Gasteiger partial charge in [0.1, 0.15) is 11.8 Å². The lowest BCUT2D eigenvalue weighted by atomic mass is 10.0. The van der Waals surface area contributed by atoms with E-state index in [1.54, 1.807) is 13.0 Å². The lowest BCUT2D eigenvalue weighted by Crippen LogP contribution is -2.42. The first-order valence-electron chi connectivity index (χ1n) is 8.24. The standard InChI is InChI=1S/C18H24N4O2/c1-13-11-16(20-24-13)19-18(23)17(14-7-5-4-6-8-14)22(3)15-9-10-21(2)12-15/h4-8,11,15,17H,9-10,12H2,1-3H3,(H,19,20,23). The van der Waals surface area contributed by atoms with Crippen LogP contribution >= 0.6 is 0 Å². The monoisotopic (exact) mass is 328 g/mol. The van der Waals surface area contributed by atoms with Crippen molar-refractivity contribution in [3.63, 3.8) is 0 Å². The number of aryl methyl sites for hydroxylation is 1. The molecule has 1 fully saturated rings. The van der Waals surface area contributed by atoms with Crippen molar-refractivity contribution in [2.45, 2.75) is 25.4 Å². The summed E-state index contributed by atoms with van der Waals surface area (Å²) in [4.78, 5) is 17.4. The minimum Gasteiger partial charge on any atom is -0.360 e. The van der Waals surface area contributed by atoms with Crippen LogP contribution in [0.2, 0.25) is 0 Å². The van der Waals surface area contributed by atoms with E-state index in [4.69, 9.17) is 4.52 Å². The molecule has 1 aliphatic heterocycles. The molecule has 2 aromatic rings. The summed E-state index contributed by atoms with van der Waals surface area (Å²) in [6.07, 6.45) is 1.06. The molecule has 0 bridgehead atoms. The van der Waals surface area contributed by atoms with E-state index in [-0.39, 0.29) is 11.9 Å². The molecule has 2 unspecified atom stereocenters. The summed E-state index contributed by atoms with van der Waals surface area (Å²) in [7, 11) is 4.14. The van der Waals surface area contributed by atoms with E-state index in [9.17, 15) is 4.79 Å². The zero-order valence-electron chi connectivity index (χ0n) is 14.4. The van der Waals surface area contributed by atoms with Gasteiger partial charge < -0.3 is 14.7 Å². The van der Waals surface area contributed by atoms with Crippen LogP contribution in [0, 0.1) is 6.92 Å². The van der Waals surface area contributed by atoms with Gasteiger partial charge in [-0.3, -0.25) is 9.69 Å². The number of hydrogen-bond acceptors (Lipinski definition) is 5. The maximum Gasteiger partial charge on any atom is 0.247 e. The number of nitrogens with zero attached hydrogens (tertiary/aromatic N) is 3. The van der Waals surface area contributed by atoms with Crippen molar-refractivity contribution in [1.29, 1.82) is 0 Å². The summed E-state index contributed by atoms with van der Waals surface area (Å²) >= 11 is 0. The number of benzene rings is 1. The second-order valence-corrected chi connectivity index (χ2v) is 6.50. The first-order valence-corrected chi connectivity index (χ1v) is 8.24. The van der Waals surface area contributed by atoms with Crippen LogP contribution in [-0.2, 0) is 4.79 Å². The highest BCUT2D eigenvalue weighted by Crippen LogP contribution is 2.26. The van der Waals surface area contributed by atoms with Crippen molar-refractivity contribution < 1.29 is 9.32 Å². The van der Waals surface area contributed by atoms with E-state index in [1.165, 1.54) is 0 Å². The first kappa shape index (κ1) is 16.7. The summed E-state index contributed by atoms with van der Waals surface area (Å²) in [5, 5.41) is 6.74. The number of carbonyl (C=O) groups excluding carboxylic acids is 1. The smallest absolute Gasteiger partial charge is 0.247 e. The number of likely N-dealkylation sites (tertiary alicyclic amines) is 1. The Morgan fingerprint density at radius 1 is 1.42 bits per heavy atom. The molecule has 128 valence electrons. The summed E-state index contributed by atoms with van der Waals surface area (Å²) in [5.41, 5.74) is 0.979. The highest BCUT2D eigenvalue weighted by molar-refractivity contribution is 5.94. The van der Waals surface area contributed by atoms with E-state index >= 15 is 0 Å². The Labute approximate surface area is 142 Å². The van der Waals surface area contributed by atoms with Gasteiger partial charge in [-0.1, -0.05) is 35.5 Å². The van der Waals surface area contributed by atoms with Crippen LogP contribution in [0.15, 0.2) is 40.9 Å². The van der Waals surface area contributed by atoms with E-state index in [0.717, 1.165) is 25.1 Å². The van der Waals surface area contributed by atoms with Gasteiger partial charge in [0, 0.05) is 18.7 Å². The number of likely N-dealkylation sites (N-methyl/N-ethyl adjacent to an activating group) is 2. The Morgan fingerprint density at radius 2 is 2.17 bits per heavy atom. The molecule has 0 spiro atoms. The third kappa shape index (κ3) is 3.66. The van der Waals surface area contributed by atoms with Gasteiger partial charge in [0.15, 0.2) is 5.82 Å². The Hall–Kier alpha value is -2.18. The second kappa shape index (κ2) is 7.15. The largest absolute Gasteiger partial charge is 0.360 e. The average molecular weight is 328 g/mol. The fourth-order valence-electron chi connectivity index (χ4n) is 3.28. The van der Waals surface area contributed by atoms with E-state index < -0.39 is 0 Å². The lowest BCUT2D eigenvalue weighted by Gasteiger charge is -2.32. The zero-order chi connectivity index (χ0) is 17.1. The molecule has 3 rings (SSSR count). The van der Waals surface area contributed by atoms with Gasteiger partial charge in [0.25, 0.3) is 0 Å². The predicted molar refractivity (Wildman–Crippen MR) is 92.7 cm³/mol. The SMILES string of the molecule is Cc1cc(NC(=O)C(c2ccccc2)N(C)C2CCN(C)C2)no1. The minimum atomic E-state index is -0.361. The maximum atomic E-state index is 13.0. The van der Waals surface area contributed by atoms with Crippen LogP contribution in [-0.4, -0.2) is 54.1 Å². The number of hydrogen-bond donors (Lipinski definition) is 1. The summed E-state index contributed by atoms with van der Waals surface area (Å²) in [5.74, 6) is 1.04. The normalized spacial score (nSPS) is 19.6. The van der Waals surface area contributed by atoms with E-state index in [2.05, 4.69) is 27.3 Å². The van der Waals surface area contributed by atoms with Crippen LogP contribution in [0.3, 0.4) is 0 Å². The number of nitrogens with one attached hydrogen (secondary N) is 1. The van der Waals surface area contributed by atoms with Crippen molar-refractivity contribution in [3.8, 4) is 0 Å². The molecule has 24 heavy (non-hydrogen) atoms. The number of aromatic nitrogens is 1. The Balaban J connectivity index is 1.83. The van der Waals surface area contributed by atoms with Gasteiger partial charge in [0.05, 0.1) is 0 Å². The molecule has 2 atom stereocenters. The lowest BCUT2D eigenvalue weighted by molar-refractivity contribution is -0.121.